The predicted molar refractivity (Wildman–Crippen MR) is 140 cm³/mol. The van der Waals surface area contributed by atoms with E-state index in [1.165, 1.54) is 4.31 Å². The maximum absolute atomic E-state index is 13.3. The molecule has 0 saturated heterocycles. The molecule has 2 aromatic carbocycles. The van der Waals surface area contributed by atoms with Crippen LogP contribution in [0.1, 0.15) is 45.6 Å². The topological polar surface area (TPSA) is 86.8 Å². The fourth-order valence-corrected chi connectivity index (χ4v) is 4.66. The van der Waals surface area contributed by atoms with E-state index in [4.69, 9.17) is 0 Å². The number of para-hydroxylation sites is 1. The first-order chi connectivity index (χ1) is 16.0. The molecule has 2 rings (SSSR count). The van der Waals surface area contributed by atoms with Crippen molar-refractivity contribution in [3.8, 4) is 0 Å². The van der Waals surface area contributed by atoms with Crippen molar-refractivity contribution in [2.75, 3.05) is 17.1 Å². The number of amides is 2. The summed E-state index contributed by atoms with van der Waals surface area (Å²) < 4.78 is 26.9. The van der Waals surface area contributed by atoms with E-state index in [9.17, 15) is 18.0 Å². The van der Waals surface area contributed by atoms with Crippen molar-refractivity contribution in [3.05, 3.63) is 64.6 Å². The average molecular weight is 553 g/mol. The van der Waals surface area contributed by atoms with E-state index in [-0.39, 0.29) is 37.4 Å². The first-order valence-electron chi connectivity index (χ1n) is 11.4. The molecule has 2 aromatic rings. The van der Waals surface area contributed by atoms with Gasteiger partial charge in [0.15, 0.2) is 0 Å². The maximum atomic E-state index is 13.3. The van der Waals surface area contributed by atoms with Crippen molar-refractivity contribution in [2.24, 2.45) is 0 Å². The van der Waals surface area contributed by atoms with E-state index in [0.29, 0.717) is 12.1 Å². The molecule has 1 N–H and O–H groups in total. The average Bonchev–Trinajstić information content (AvgIpc) is 2.80. The van der Waals surface area contributed by atoms with Gasteiger partial charge < -0.3 is 10.2 Å². The second-order valence-corrected chi connectivity index (χ2v) is 11.2. The lowest BCUT2D eigenvalue weighted by molar-refractivity contribution is -0.140. The Morgan fingerprint density at radius 2 is 1.65 bits per heavy atom. The summed E-state index contributed by atoms with van der Waals surface area (Å²) in [4.78, 5) is 27.6. The normalized spacial score (nSPS) is 13.1. The van der Waals surface area contributed by atoms with Crippen LogP contribution in [0.4, 0.5) is 5.69 Å². The van der Waals surface area contributed by atoms with Crippen LogP contribution in [0.25, 0.3) is 0 Å². The third-order valence-corrected chi connectivity index (χ3v) is 7.35. The van der Waals surface area contributed by atoms with Gasteiger partial charge in [-0.1, -0.05) is 53.2 Å². The Kier molecular flexibility index (Phi) is 10.6. The van der Waals surface area contributed by atoms with E-state index >= 15 is 0 Å². The van der Waals surface area contributed by atoms with Crippen molar-refractivity contribution in [2.45, 2.75) is 58.7 Å². The predicted octanol–water partition coefficient (Wildman–Crippen LogP) is 4.33. The Morgan fingerprint density at radius 3 is 2.21 bits per heavy atom. The van der Waals surface area contributed by atoms with Crippen LogP contribution in [0.2, 0.25) is 0 Å². The van der Waals surface area contributed by atoms with Crippen LogP contribution >= 0.6 is 15.9 Å². The quantitative estimate of drug-likeness (QED) is 0.425. The summed E-state index contributed by atoms with van der Waals surface area (Å²) in [5.41, 5.74) is 1.47. The third kappa shape index (κ3) is 8.43. The fourth-order valence-electron chi connectivity index (χ4n) is 3.43. The molecule has 7 nitrogen and oxygen atoms in total. The Morgan fingerprint density at radius 1 is 1.03 bits per heavy atom. The molecule has 0 aliphatic carbocycles. The minimum atomic E-state index is -3.50. The number of anilines is 1. The zero-order valence-corrected chi connectivity index (χ0v) is 22.6. The number of carbonyl (C=O) groups is 2. The maximum Gasteiger partial charge on any atom is 0.242 e. The van der Waals surface area contributed by atoms with Crippen LogP contribution < -0.4 is 9.62 Å². The molecule has 0 fully saturated rings. The highest BCUT2D eigenvalue weighted by molar-refractivity contribution is 9.10. The minimum absolute atomic E-state index is 0.00812. The molecule has 0 heterocycles. The van der Waals surface area contributed by atoms with Gasteiger partial charge in [-0.15, -0.1) is 0 Å². The molecule has 0 radical (unpaired) electrons. The van der Waals surface area contributed by atoms with Crippen LogP contribution in [0.3, 0.4) is 0 Å². The Hall–Kier alpha value is -2.39. The molecular weight excluding hydrogens is 518 g/mol. The molecule has 186 valence electrons. The number of sulfonamides is 1. The monoisotopic (exact) mass is 551 g/mol. The number of benzene rings is 2. The van der Waals surface area contributed by atoms with Gasteiger partial charge in [0.2, 0.25) is 21.8 Å². The largest absolute Gasteiger partial charge is 0.352 e. The summed E-state index contributed by atoms with van der Waals surface area (Å²) in [5, 5.41) is 2.95. The number of carbonyl (C=O) groups excluding carboxylic acids is 2. The minimum Gasteiger partial charge on any atom is -0.352 e. The highest BCUT2D eigenvalue weighted by Gasteiger charge is 2.27. The van der Waals surface area contributed by atoms with Gasteiger partial charge in [0, 0.05) is 30.0 Å². The Bertz CT molecular complexity index is 1050. The summed E-state index contributed by atoms with van der Waals surface area (Å²) in [5.74, 6) is -0.405. The molecule has 0 bridgehead atoms. The zero-order chi connectivity index (χ0) is 25.3. The van der Waals surface area contributed by atoms with Crippen molar-refractivity contribution < 1.29 is 18.0 Å². The number of rotatable bonds is 12. The molecule has 0 aliphatic heterocycles. The number of hydrogen-bond acceptors (Lipinski definition) is 4. The third-order valence-electron chi connectivity index (χ3n) is 5.63. The lowest BCUT2D eigenvalue weighted by atomic mass is 10.1. The standard InChI is InChI=1S/C25H34BrN3O4S/c1-5-19(2)27-25(31)20(3)28(18-21-13-15-22(26)16-14-21)24(30)12-9-17-29(34(4,32)33)23-10-7-6-8-11-23/h6-8,10-11,13-16,19-20H,5,9,12,17-18H2,1-4H3,(H,27,31)/t19-,20-/m0/s1. The first-order valence-corrected chi connectivity index (χ1v) is 14.0. The van der Waals surface area contributed by atoms with E-state index in [1.54, 1.807) is 36.1 Å². The van der Waals surface area contributed by atoms with Crippen molar-refractivity contribution in [3.63, 3.8) is 0 Å². The molecule has 0 spiro atoms. The Balaban J connectivity index is 2.14. The summed E-state index contributed by atoms with van der Waals surface area (Å²) in [6.45, 7) is 6.10. The second-order valence-electron chi connectivity index (χ2n) is 8.42. The van der Waals surface area contributed by atoms with Gasteiger partial charge in [-0.2, -0.15) is 0 Å². The highest BCUT2D eigenvalue weighted by atomic mass is 79.9. The van der Waals surface area contributed by atoms with Crippen LogP contribution in [0, 0.1) is 0 Å². The summed E-state index contributed by atoms with van der Waals surface area (Å²) in [7, 11) is -3.50. The first kappa shape index (κ1) is 27.9. The van der Waals surface area contributed by atoms with E-state index in [0.717, 1.165) is 22.7 Å². The summed E-state index contributed by atoms with van der Waals surface area (Å²) in [6.07, 6.45) is 2.40. The van der Waals surface area contributed by atoms with Crippen molar-refractivity contribution in [1.29, 1.82) is 0 Å². The second kappa shape index (κ2) is 12.9. The number of hydrogen-bond donors (Lipinski definition) is 1. The van der Waals surface area contributed by atoms with Crippen LogP contribution in [-0.4, -0.2) is 50.0 Å². The number of nitrogens with one attached hydrogen (secondary N) is 1. The smallest absolute Gasteiger partial charge is 0.242 e. The van der Waals surface area contributed by atoms with Gasteiger partial charge in [-0.05, 0) is 56.5 Å². The molecule has 0 saturated carbocycles. The van der Waals surface area contributed by atoms with Crippen LogP contribution in [0.15, 0.2) is 59.1 Å². The molecule has 9 heteroatoms. The fraction of sp³-hybridized carbons (Fsp3) is 0.440. The SMILES string of the molecule is CC[C@H](C)NC(=O)[C@H](C)N(Cc1ccc(Br)cc1)C(=O)CCCN(c1ccccc1)S(C)(=O)=O. The molecular formula is C25H34BrN3O4S. The van der Waals surface area contributed by atoms with Gasteiger partial charge in [0.05, 0.1) is 11.9 Å². The number of nitrogens with zero attached hydrogens (tertiary/aromatic N) is 2. The van der Waals surface area contributed by atoms with Crippen molar-refractivity contribution >= 4 is 43.5 Å². The number of halogens is 1. The van der Waals surface area contributed by atoms with E-state index < -0.39 is 16.1 Å². The van der Waals surface area contributed by atoms with Gasteiger partial charge in [-0.25, -0.2) is 8.42 Å². The van der Waals surface area contributed by atoms with Gasteiger partial charge >= 0.3 is 0 Å². The zero-order valence-electron chi connectivity index (χ0n) is 20.2. The lowest BCUT2D eigenvalue weighted by Gasteiger charge is -2.30. The summed E-state index contributed by atoms with van der Waals surface area (Å²) in [6, 6.07) is 15.8. The summed E-state index contributed by atoms with van der Waals surface area (Å²) >= 11 is 3.41. The van der Waals surface area contributed by atoms with Crippen LogP contribution in [0.5, 0.6) is 0 Å². The van der Waals surface area contributed by atoms with Crippen LogP contribution in [-0.2, 0) is 26.2 Å². The molecule has 2 atom stereocenters. The highest BCUT2D eigenvalue weighted by Crippen LogP contribution is 2.19. The molecule has 0 aliphatic rings. The molecule has 0 aromatic heterocycles. The van der Waals surface area contributed by atoms with Gasteiger partial charge in [0.25, 0.3) is 0 Å². The Labute approximate surface area is 211 Å². The molecule has 34 heavy (non-hydrogen) atoms. The molecule has 2 amide bonds. The lowest BCUT2D eigenvalue weighted by Crippen LogP contribution is -2.49. The van der Waals surface area contributed by atoms with Crippen molar-refractivity contribution in [1.82, 2.24) is 10.2 Å². The molecule has 0 unspecified atom stereocenters. The van der Waals surface area contributed by atoms with Gasteiger partial charge in [-0.3, -0.25) is 13.9 Å². The van der Waals surface area contributed by atoms with E-state index in [2.05, 4.69) is 21.2 Å². The van der Waals surface area contributed by atoms with E-state index in [1.807, 2.05) is 44.2 Å². The van der Waals surface area contributed by atoms with Gasteiger partial charge in [0.1, 0.15) is 6.04 Å².